The highest BCUT2D eigenvalue weighted by atomic mass is 15.3. The average molecular weight is 696 g/mol. The van der Waals surface area contributed by atoms with Crippen LogP contribution in [0.3, 0.4) is 0 Å². The van der Waals surface area contributed by atoms with E-state index in [1.54, 1.807) is 0 Å². The van der Waals surface area contributed by atoms with Crippen molar-refractivity contribution < 1.29 is 0 Å². The molecule has 0 bridgehead atoms. The van der Waals surface area contributed by atoms with E-state index in [1.165, 1.54) is 11.1 Å². The summed E-state index contributed by atoms with van der Waals surface area (Å²) in [7, 11) is 0. The van der Waals surface area contributed by atoms with Crippen LogP contribution in [-0.2, 0) is 25.7 Å². The number of hydrogen-bond donors (Lipinski definition) is 0. The minimum Gasteiger partial charge on any atom is -0.279 e. The summed E-state index contributed by atoms with van der Waals surface area (Å²) in [6.45, 7) is 18.3. The van der Waals surface area contributed by atoms with Crippen LogP contribution in [0.2, 0.25) is 0 Å². The molecule has 52 heavy (non-hydrogen) atoms. The Bertz CT molecular complexity index is 1600. The lowest BCUT2D eigenvalue weighted by atomic mass is 10.0. The number of aromatic nitrogens is 3. The molecule has 5 rings (SSSR count). The number of anilines is 6. The van der Waals surface area contributed by atoms with Crippen LogP contribution in [-0.4, -0.2) is 15.0 Å². The normalized spacial score (nSPS) is 11.6. The van der Waals surface area contributed by atoms with Crippen molar-refractivity contribution in [2.24, 2.45) is 23.7 Å². The van der Waals surface area contributed by atoms with E-state index in [0.29, 0.717) is 23.7 Å². The van der Waals surface area contributed by atoms with Crippen LogP contribution < -0.4 is 9.80 Å². The van der Waals surface area contributed by atoms with Gasteiger partial charge in [0.25, 0.3) is 0 Å². The van der Waals surface area contributed by atoms with Gasteiger partial charge in [-0.1, -0.05) is 97.9 Å². The van der Waals surface area contributed by atoms with Gasteiger partial charge in [-0.15, -0.1) is 0 Å². The molecule has 0 radical (unpaired) electrons. The number of nitrogens with zero attached hydrogens (tertiary/aromatic N) is 5. The van der Waals surface area contributed by atoms with E-state index in [0.717, 1.165) is 97.4 Å². The summed E-state index contributed by atoms with van der Waals surface area (Å²) in [6.07, 6.45) is 8.46. The fourth-order valence-electron chi connectivity index (χ4n) is 6.37. The van der Waals surface area contributed by atoms with Gasteiger partial charge in [0.15, 0.2) is 0 Å². The molecule has 0 aliphatic carbocycles. The summed E-state index contributed by atoms with van der Waals surface area (Å²) in [5.74, 6) is 5.92. The molecule has 0 amide bonds. The van der Waals surface area contributed by atoms with E-state index >= 15 is 0 Å². The minimum absolute atomic E-state index is 0.616. The second kappa shape index (κ2) is 18.8. The van der Waals surface area contributed by atoms with Gasteiger partial charge >= 0.3 is 0 Å². The van der Waals surface area contributed by atoms with Crippen molar-refractivity contribution >= 4 is 34.6 Å². The molecular formula is C47H61N5. The van der Waals surface area contributed by atoms with Gasteiger partial charge in [0.1, 0.15) is 23.3 Å². The van der Waals surface area contributed by atoms with Crippen molar-refractivity contribution in [3.63, 3.8) is 0 Å². The smallest absolute Gasteiger partial charge is 0.141 e. The first-order chi connectivity index (χ1) is 25.0. The zero-order chi connectivity index (χ0) is 37.0. The molecule has 0 N–H and O–H groups in total. The SMILES string of the molecule is CC(C)CCc1cccc(N(c2cccc(CCC(C)C)n2)c2cccc(N(c3cccc(CCC(C)C)c3)c3cccc(CCC(C)C)n3)n2)c1. The number of pyridine rings is 3. The average Bonchev–Trinajstić information content (AvgIpc) is 3.13. The second-order valence-corrected chi connectivity index (χ2v) is 16.1. The second-order valence-electron chi connectivity index (χ2n) is 16.1. The zero-order valence-corrected chi connectivity index (χ0v) is 33.0. The molecule has 0 saturated carbocycles. The van der Waals surface area contributed by atoms with Gasteiger partial charge in [0, 0.05) is 22.8 Å². The van der Waals surface area contributed by atoms with E-state index in [-0.39, 0.29) is 0 Å². The lowest BCUT2D eigenvalue weighted by Crippen LogP contribution is -2.18. The van der Waals surface area contributed by atoms with Crippen molar-refractivity contribution in [1.29, 1.82) is 0 Å². The Balaban J connectivity index is 1.64. The third-order valence-electron chi connectivity index (χ3n) is 9.53. The van der Waals surface area contributed by atoms with E-state index in [1.807, 2.05) is 0 Å². The fraction of sp³-hybridized carbons (Fsp3) is 0.426. The highest BCUT2D eigenvalue weighted by molar-refractivity contribution is 5.77. The zero-order valence-electron chi connectivity index (χ0n) is 33.0. The molecule has 0 fully saturated rings. The van der Waals surface area contributed by atoms with Crippen LogP contribution in [0.25, 0.3) is 0 Å². The molecular weight excluding hydrogens is 635 g/mol. The maximum Gasteiger partial charge on any atom is 0.141 e. The van der Waals surface area contributed by atoms with Crippen molar-refractivity contribution in [1.82, 2.24) is 15.0 Å². The molecule has 0 atom stereocenters. The molecule has 5 heteroatoms. The molecule has 0 aliphatic rings. The van der Waals surface area contributed by atoms with Crippen molar-refractivity contribution in [2.75, 3.05) is 9.80 Å². The maximum absolute atomic E-state index is 5.47. The fourth-order valence-corrected chi connectivity index (χ4v) is 6.37. The molecule has 2 aromatic carbocycles. The number of benzene rings is 2. The monoisotopic (exact) mass is 695 g/mol. The van der Waals surface area contributed by atoms with Crippen LogP contribution in [0.5, 0.6) is 0 Å². The first kappa shape index (κ1) is 38.7. The van der Waals surface area contributed by atoms with E-state index in [2.05, 4.69) is 168 Å². The van der Waals surface area contributed by atoms with E-state index in [4.69, 9.17) is 15.0 Å². The summed E-state index contributed by atoms with van der Waals surface area (Å²) in [5.41, 5.74) is 6.98. The predicted molar refractivity (Wildman–Crippen MR) is 222 cm³/mol. The first-order valence-electron chi connectivity index (χ1n) is 19.7. The van der Waals surface area contributed by atoms with Gasteiger partial charge in [-0.3, -0.25) is 9.80 Å². The van der Waals surface area contributed by atoms with Gasteiger partial charge in [-0.25, -0.2) is 15.0 Å². The molecule has 3 heterocycles. The summed E-state index contributed by atoms with van der Waals surface area (Å²) < 4.78 is 0. The number of hydrogen-bond acceptors (Lipinski definition) is 5. The predicted octanol–water partition coefficient (Wildman–Crippen LogP) is 13.2. The standard InChI is InChI=1S/C47H61N5/c1-34(2)24-28-38-14-9-18-42(32-38)51(44-20-11-16-40(48-44)30-26-36(5)6)46-22-13-23-47(50-46)52(43-19-10-15-39(33-43)29-25-35(3)4)45-21-12-17-41(49-45)31-27-37(7)8/h9-23,32-37H,24-31H2,1-8H3. The molecule has 0 saturated heterocycles. The van der Waals surface area contributed by atoms with Crippen LogP contribution >= 0.6 is 0 Å². The van der Waals surface area contributed by atoms with Gasteiger partial charge in [-0.2, -0.15) is 0 Å². The van der Waals surface area contributed by atoms with Crippen LogP contribution in [0.1, 0.15) is 104 Å². The highest BCUT2D eigenvalue weighted by Crippen LogP contribution is 2.38. The van der Waals surface area contributed by atoms with Gasteiger partial charge in [0.05, 0.1) is 0 Å². The summed E-state index contributed by atoms with van der Waals surface area (Å²) in [6, 6.07) is 37.0. The Morgan fingerprint density at radius 1 is 0.385 bits per heavy atom. The maximum atomic E-state index is 5.47. The Morgan fingerprint density at radius 3 is 1.10 bits per heavy atom. The number of rotatable bonds is 18. The quantitative estimate of drug-likeness (QED) is 0.0913. The van der Waals surface area contributed by atoms with E-state index < -0.39 is 0 Å². The molecule has 0 spiro atoms. The van der Waals surface area contributed by atoms with Gasteiger partial charge < -0.3 is 0 Å². The molecule has 0 aliphatic heterocycles. The molecule has 3 aromatic heterocycles. The molecule has 5 aromatic rings. The minimum atomic E-state index is 0.616. The van der Waals surface area contributed by atoms with Crippen molar-refractivity contribution in [3.05, 3.63) is 126 Å². The Labute approximate surface area is 314 Å². The van der Waals surface area contributed by atoms with Crippen LogP contribution in [0.4, 0.5) is 34.6 Å². The Morgan fingerprint density at radius 2 is 0.712 bits per heavy atom. The topological polar surface area (TPSA) is 45.2 Å². The first-order valence-corrected chi connectivity index (χ1v) is 19.7. The number of aryl methyl sites for hydroxylation is 4. The largest absolute Gasteiger partial charge is 0.279 e. The van der Waals surface area contributed by atoms with Gasteiger partial charge in [0.2, 0.25) is 0 Å². The summed E-state index contributed by atoms with van der Waals surface area (Å²) in [4.78, 5) is 20.4. The lowest BCUT2D eigenvalue weighted by molar-refractivity contribution is 0.581. The summed E-state index contributed by atoms with van der Waals surface area (Å²) >= 11 is 0. The molecule has 274 valence electrons. The third kappa shape index (κ3) is 11.2. The molecule has 5 nitrogen and oxygen atoms in total. The van der Waals surface area contributed by atoms with Crippen molar-refractivity contribution in [3.8, 4) is 0 Å². The summed E-state index contributed by atoms with van der Waals surface area (Å²) in [5, 5.41) is 0. The van der Waals surface area contributed by atoms with Gasteiger partial charge in [-0.05, 0) is 147 Å². The Kier molecular flexibility index (Phi) is 14.0. The Hall–Kier alpha value is -4.51. The third-order valence-corrected chi connectivity index (χ3v) is 9.53. The van der Waals surface area contributed by atoms with Crippen molar-refractivity contribution in [2.45, 2.75) is 107 Å². The molecule has 0 unspecified atom stereocenters. The van der Waals surface area contributed by atoms with Crippen LogP contribution in [0, 0.1) is 23.7 Å². The van der Waals surface area contributed by atoms with Crippen LogP contribution in [0.15, 0.2) is 103 Å². The van der Waals surface area contributed by atoms with E-state index in [9.17, 15) is 0 Å². The highest BCUT2D eigenvalue weighted by Gasteiger charge is 2.21. The lowest BCUT2D eigenvalue weighted by Gasteiger charge is -2.28.